The summed E-state index contributed by atoms with van der Waals surface area (Å²) in [6.07, 6.45) is 0. The Morgan fingerprint density at radius 1 is 0.857 bits per heavy atom. The lowest BCUT2D eigenvalue weighted by Gasteiger charge is -2.06. The molecule has 0 saturated carbocycles. The van der Waals surface area contributed by atoms with Gasteiger partial charge in [0.1, 0.15) is 11.4 Å². The van der Waals surface area contributed by atoms with Gasteiger partial charge in [-0.15, -0.1) is 0 Å². The molecule has 0 aliphatic heterocycles. The normalized spacial score (nSPS) is 16.0. The van der Waals surface area contributed by atoms with Crippen molar-refractivity contribution in [2.75, 3.05) is 0 Å². The number of rotatable bonds is 3. The highest BCUT2D eigenvalue weighted by molar-refractivity contribution is 6.34. The maximum Gasteiger partial charge on any atom is 0.362 e. The quantitative estimate of drug-likeness (QED) is 0.318. The van der Waals surface area contributed by atoms with Gasteiger partial charge < -0.3 is 0 Å². The van der Waals surface area contributed by atoms with Crippen LogP contribution in [-0.2, 0) is 0 Å². The lowest BCUT2D eigenvalue weighted by Crippen LogP contribution is -2.20. The van der Waals surface area contributed by atoms with E-state index in [4.69, 9.17) is 0 Å². The van der Waals surface area contributed by atoms with Crippen LogP contribution in [0.15, 0.2) is 10.2 Å². The largest absolute Gasteiger partial charge is 0.362 e. The van der Waals surface area contributed by atoms with Crippen molar-refractivity contribution in [1.82, 2.24) is 0 Å². The Kier molecular flexibility index (Phi) is 4.33. The zero-order valence-electron chi connectivity index (χ0n) is 7.16. The summed E-state index contributed by atoms with van der Waals surface area (Å²) in [6.45, 7) is 1.71. The molecule has 0 rings (SSSR count). The van der Waals surface area contributed by atoms with Crippen molar-refractivity contribution < 1.29 is 17.6 Å². The van der Waals surface area contributed by atoms with Crippen LogP contribution in [0.25, 0.3) is 0 Å². The molecule has 2 nitrogen and oxygen atoms in total. The zero-order chi connectivity index (χ0) is 11.6. The zero-order valence-corrected chi connectivity index (χ0v) is 8.67. The monoisotopic (exact) mass is 252 g/mol. The van der Waals surface area contributed by atoms with E-state index in [0.29, 0.717) is 0 Å². The molecule has 0 aromatic rings. The summed E-state index contributed by atoms with van der Waals surface area (Å²) in [7, 11) is 0. The molecule has 0 N–H and O–H groups in total. The average molecular weight is 253 g/mol. The van der Waals surface area contributed by atoms with Gasteiger partial charge in [0.15, 0.2) is 0 Å². The summed E-state index contributed by atoms with van der Waals surface area (Å²) in [5.74, 6) is 0. The second-order valence-corrected chi connectivity index (χ2v) is 3.32. The Balaban J connectivity index is 4.73. The minimum absolute atomic E-state index is 0.857. The van der Waals surface area contributed by atoms with Crippen molar-refractivity contribution in [1.29, 1.82) is 0 Å². The molecule has 0 bridgehead atoms. The lowest BCUT2D eigenvalue weighted by atomic mass is 10.4. The highest BCUT2D eigenvalue weighted by atomic mass is 35.5. The van der Waals surface area contributed by atoms with Gasteiger partial charge in [-0.25, -0.2) is 0 Å². The second kappa shape index (κ2) is 4.44. The van der Waals surface area contributed by atoms with Crippen LogP contribution in [0.5, 0.6) is 0 Å². The Labute approximate surface area is 87.6 Å². The van der Waals surface area contributed by atoms with E-state index < -0.39 is 22.2 Å². The molecule has 0 aromatic carbocycles. The molecule has 0 aromatic heterocycles. The smallest absolute Gasteiger partial charge is 0.182 e. The highest BCUT2D eigenvalue weighted by Gasteiger charge is 2.31. The molecule has 14 heavy (non-hydrogen) atoms. The van der Waals surface area contributed by atoms with E-state index in [-0.39, 0.29) is 0 Å². The number of hydrogen-bond donors (Lipinski definition) is 0. The molecule has 0 atom stereocenters. The predicted octanol–water partition coefficient (Wildman–Crippen LogP) is 3.49. The van der Waals surface area contributed by atoms with Crippen molar-refractivity contribution in [2.45, 2.75) is 24.6 Å². The molecule has 0 radical (unpaired) electrons. The fraction of sp³-hybridized carbons (Fsp3) is 0.667. The summed E-state index contributed by atoms with van der Waals surface area (Å²) < 4.78 is 48.8. The van der Waals surface area contributed by atoms with E-state index in [0.717, 1.165) is 13.8 Å². The summed E-state index contributed by atoms with van der Waals surface area (Å²) in [5, 5.41) is -1.77. The van der Waals surface area contributed by atoms with E-state index in [9.17, 15) is 17.6 Å². The van der Waals surface area contributed by atoms with Crippen LogP contribution >= 0.6 is 23.2 Å². The van der Waals surface area contributed by atoms with Crippen molar-refractivity contribution in [3.05, 3.63) is 0 Å². The average Bonchev–Trinajstić information content (AvgIpc) is 1.95. The summed E-state index contributed by atoms with van der Waals surface area (Å²) in [4.78, 5) is 0. The molecule has 0 amide bonds. The molecule has 0 aliphatic rings. The van der Waals surface area contributed by atoms with E-state index in [1.54, 1.807) is 0 Å². The van der Waals surface area contributed by atoms with Crippen LogP contribution in [0.4, 0.5) is 17.6 Å². The fourth-order valence-corrected chi connectivity index (χ4v) is 0.339. The minimum atomic E-state index is -3.70. The molecule has 82 valence electrons. The fourth-order valence-electron chi connectivity index (χ4n) is 0.263. The Bertz CT molecular complexity index is 236. The SMILES string of the molecule is C/C(=N\N=C(/C)C(F)(F)Cl)C(F)(F)Cl. The van der Waals surface area contributed by atoms with Crippen molar-refractivity contribution in [3.8, 4) is 0 Å². The first kappa shape index (κ1) is 13.6. The van der Waals surface area contributed by atoms with Crippen LogP contribution in [0.2, 0.25) is 0 Å². The van der Waals surface area contributed by atoms with Gasteiger partial charge in [-0.3, -0.25) is 0 Å². The molecule has 0 saturated heterocycles. The summed E-state index contributed by atoms with van der Waals surface area (Å²) in [6, 6.07) is 0. The highest BCUT2D eigenvalue weighted by Crippen LogP contribution is 2.23. The molecule has 0 spiro atoms. The van der Waals surface area contributed by atoms with E-state index in [2.05, 4.69) is 33.4 Å². The van der Waals surface area contributed by atoms with Gasteiger partial charge in [-0.2, -0.15) is 27.8 Å². The molecule has 8 heteroatoms. The molecular formula is C6H6Cl2F4N2. The third kappa shape index (κ3) is 4.76. The van der Waals surface area contributed by atoms with Gasteiger partial charge in [-0.05, 0) is 37.0 Å². The third-order valence-corrected chi connectivity index (χ3v) is 1.72. The number of nitrogens with zero attached hydrogens (tertiary/aromatic N) is 2. The van der Waals surface area contributed by atoms with Crippen LogP contribution in [-0.4, -0.2) is 22.2 Å². The van der Waals surface area contributed by atoms with Crippen molar-refractivity contribution in [3.63, 3.8) is 0 Å². The first-order valence-electron chi connectivity index (χ1n) is 3.28. The van der Waals surface area contributed by atoms with E-state index >= 15 is 0 Å². The number of alkyl halides is 6. The Hall–Kier alpha value is -0.360. The molecule has 0 fully saturated rings. The minimum Gasteiger partial charge on any atom is -0.182 e. The Morgan fingerprint density at radius 3 is 1.21 bits per heavy atom. The third-order valence-electron chi connectivity index (χ3n) is 1.17. The first-order chi connectivity index (χ1) is 6.05. The molecular weight excluding hydrogens is 247 g/mol. The molecule has 0 aliphatic carbocycles. The Morgan fingerprint density at radius 2 is 1.07 bits per heavy atom. The van der Waals surface area contributed by atoms with Crippen LogP contribution in [0, 0.1) is 0 Å². The predicted molar refractivity (Wildman–Crippen MR) is 47.8 cm³/mol. The standard InChI is InChI=1S/C6H6Cl2F4N2/c1-3(5(7,9)10)13-14-4(2)6(8,11)12/h1-2H3/b13-3+,14-4+. The van der Waals surface area contributed by atoms with Gasteiger partial charge >= 0.3 is 10.8 Å². The second-order valence-electron chi connectivity index (χ2n) is 2.37. The van der Waals surface area contributed by atoms with Crippen molar-refractivity contribution >= 4 is 34.6 Å². The number of halogens is 6. The summed E-state index contributed by atoms with van der Waals surface area (Å²) in [5.41, 5.74) is -1.78. The van der Waals surface area contributed by atoms with Crippen LogP contribution in [0.1, 0.15) is 13.8 Å². The van der Waals surface area contributed by atoms with Gasteiger partial charge in [0.25, 0.3) is 0 Å². The maximum atomic E-state index is 12.2. The van der Waals surface area contributed by atoms with E-state index in [1.807, 2.05) is 0 Å². The molecule has 0 heterocycles. The van der Waals surface area contributed by atoms with Gasteiger partial charge in [0.05, 0.1) is 0 Å². The number of hydrogen-bond acceptors (Lipinski definition) is 2. The van der Waals surface area contributed by atoms with Crippen LogP contribution < -0.4 is 0 Å². The first-order valence-corrected chi connectivity index (χ1v) is 4.04. The maximum absolute atomic E-state index is 12.2. The molecule has 0 unspecified atom stereocenters. The van der Waals surface area contributed by atoms with Gasteiger partial charge in [0.2, 0.25) is 0 Å². The topological polar surface area (TPSA) is 24.7 Å². The van der Waals surface area contributed by atoms with Crippen molar-refractivity contribution in [2.24, 2.45) is 10.2 Å². The summed E-state index contributed by atoms with van der Waals surface area (Å²) >= 11 is 9.05. The van der Waals surface area contributed by atoms with E-state index in [1.165, 1.54) is 0 Å². The lowest BCUT2D eigenvalue weighted by molar-refractivity contribution is 0.172. The van der Waals surface area contributed by atoms with Gasteiger partial charge in [0, 0.05) is 0 Å². The van der Waals surface area contributed by atoms with Gasteiger partial charge in [-0.1, -0.05) is 0 Å². The van der Waals surface area contributed by atoms with Crippen LogP contribution in [0.3, 0.4) is 0 Å².